The van der Waals surface area contributed by atoms with E-state index in [9.17, 15) is 40.3 Å². The Hall–Kier alpha value is -3.79. The smallest absolute Gasteiger partial charge is 0.344 e. The van der Waals surface area contributed by atoms with Gasteiger partial charge in [0.2, 0.25) is 18.3 Å². The number of aromatic amines is 1. The molecule has 17 heteroatoms. The summed E-state index contributed by atoms with van der Waals surface area (Å²) in [4.78, 5) is 32.5. The number of benzene rings is 1. The largest absolute Gasteiger partial charge is 0.408 e. The predicted molar refractivity (Wildman–Crippen MR) is 129 cm³/mol. The minimum absolute atomic E-state index is 0.00536. The topological polar surface area (TPSA) is 126 Å². The second-order valence-corrected chi connectivity index (χ2v) is 10.3. The van der Waals surface area contributed by atoms with Crippen LogP contribution in [-0.4, -0.2) is 56.7 Å². The van der Waals surface area contributed by atoms with Gasteiger partial charge in [0, 0.05) is 24.8 Å². The third-order valence-electron chi connectivity index (χ3n) is 7.28. The van der Waals surface area contributed by atoms with E-state index in [1.807, 2.05) is 0 Å². The van der Waals surface area contributed by atoms with Crippen molar-refractivity contribution in [2.24, 2.45) is 5.92 Å². The zero-order chi connectivity index (χ0) is 31.0. The van der Waals surface area contributed by atoms with Gasteiger partial charge < -0.3 is 15.6 Å². The summed E-state index contributed by atoms with van der Waals surface area (Å²) in [5.74, 6) is -9.01. The molecule has 0 radical (unpaired) electrons. The first kappa shape index (κ1) is 31.2. The number of hydrogen-bond donors (Lipinski definition) is 3. The van der Waals surface area contributed by atoms with Gasteiger partial charge in [-0.05, 0) is 43.8 Å². The molecule has 1 saturated carbocycles. The highest BCUT2D eigenvalue weighted by atomic mass is 19.4. The van der Waals surface area contributed by atoms with Crippen LogP contribution in [0.15, 0.2) is 16.8 Å². The van der Waals surface area contributed by atoms with Crippen molar-refractivity contribution in [2.45, 2.75) is 82.5 Å². The summed E-state index contributed by atoms with van der Waals surface area (Å²) in [6.45, 7) is 2.06. The number of imidazole rings is 1. The van der Waals surface area contributed by atoms with E-state index in [0.29, 0.717) is 6.92 Å². The second kappa shape index (κ2) is 11.8. The molecule has 3 atom stereocenters. The Balaban J connectivity index is 1.70. The molecule has 1 aromatic carbocycles. The monoisotopic (exact) mass is 610 g/mol. The van der Waals surface area contributed by atoms with Gasteiger partial charge in [0.25, 0.3) is 5.91 Å². The van der Waals surface area contributed by atoms with Gasteiger partial charge in [-0.25, -0.2) is 31.6 Å². The molecule has 0 unspecified atom stereocenters. The number of halogens is 8. The molecule has 1 fully saturated rings. The lowest BCUT2D eigenvalue weighted by Crippen LogP contribution is -2.45. The average molecular weight is 611 g/mol. The zero-order valence-electron chi connectivity index (χ0n) is 22.2. The molecular weight excluding hydrogens is 584 g/mol. The first-order valence-electron chi connectivity index (χ1n) is 12.9. The Labute approximate surface area is 232 Å². The van der Waals surface area contributed by atoms with Gasteiger partial charge in [0.05, 0.1) is 17.5 Å². The van der Waals surface area contributed by atoms with Crippen LogP contribution >= 0.6 is 0 Å². The zero-order valence-corrected chi connectivity index (χ0v) is 22.2. The van der Waals surface area contributed by atoms with Crippen LogP contribution in [0, 0.1) is 18.7 Å². The molecule has 42 heavy (non-hydrogen) atoms. The quantitative estimate of drug-likeness (QED) is 0.275. The number of amides is 2. The number of carbonyl (C=O) groups is 2. The lowest BCUT2D eigenvalue weighted by Gasteiger charge is -2.33. The van der Waals surface area contributed by atoms with Gasteiger partial charge in [-0.3, -0.25) is 9.59 Å². The first-order chi connectivity index (χ1) is 19.6. The lowest BCUT2D eigenvalue weighted by molar-refractivity contribution is -0.158. The molecule has 0 saturated heterocycles. The molecule has 0 bridgehead atoms. The number of carbonyl (C=O) groups excluding carboxylic acids is 2. The molecule has 230 valence electrons. The van der Waals surface area contributed by atoms with Crippen molar-refractivity contribution >= 4 is 22.8 Å². The molecule has 1 aliphatic rings. The minimum Gasteiger partial charge on any atom is -0.344 e. The van der Waals surface area contributed by atoms with Gasteiger partial charge in [0.1, 0.15) is 23.1 Å². The normalized spacial score (nSPS) is 18.2. The van der Waals surface area contributed by atoms with Gasteiger partial charge in [-0.1, -0.05) is 11.2 Å². The molecule has 4 rings (SSSR count). The molecule has 3 aromatic rings. The first-order valence-corrected chi connectivity index (χ1v) is 12.9. The van der Waals surface area contributed by atoms with Crippen LogP contribution in [0.2, 0.25) is 0 Å². The molecule has 0 spiro atoms. The Morgan fingerprint density at radius 2 is 1.81 bits per heavy atom. The number of aryl methyl sites for hydroxylation is 1. The van der Waals surface area contributed by atoms with E-state index in [1.54, 1.807) is 5.32 Å². The number of alkyl halides is 7. The third kappa shape index (κ3) is 6.81. The van der Waals surface area contributed by atoms with Crippen LogP contribution < -0.4 is 10.6 Å². The molecular formula is C25H26F8N6O3. The average Bonchev–Trinajstić information content (AvgIpc) is 3.52. The summed E-state index contributed by atoms with van der Waals surface area (Å²) < 4.78 is 114. The minimum atomic E-state index is -4.87. The highest BCUT2D eigenvalue weighted by Gasteiger charge is 2.41. The SMILES string of the molecule is Cc1nonc1C(=O)N[C@H](c1nc2c(F)c([C@H](CC(F)F)C(=O)N[C@@H](C)C(F)(F)F)ccc2[nH]1)C1CCC(F)(F)CC1. The predicted octanol–water partition coefficient (Wildman–Crippen LogP) is 5.50. The number of nitrogens with zero attached hydrogens (tertiary/aromatic N) is 3. The summed E-state index contributed by atoms with van der Waals surface area (Å²) in [5.41, 5.74) is -1.09. The third-order valence-corrected chi connectivity index (χ3v) is 7.28. The van der Waals surface area contributed by atoms with Gasteiger partial charge in [-0.2, -0.15) is 13.2 Å². The fourth-order valence-electron chi connectivity index (χ4n) is 4.89. The van der Waals surface area contributed by atoms with Gasteiger partial charge in [-0.15, -0.1) is 0 Å². The van der Waals surface area contributed by atoms with E-state index in [-0.39, 0.29) is 35.6 Å². The van der Waals surface area contributed by atoms with Crippen molar-refractivity contribution in [2.75, 3.05) is 0 Å². The Morgan fingerprint density at radius 1 is 1.14 bits per heavy atom. The number of hydrogen-bond acceptors (Lipinski definition) is 6. The Kier molecular flexibility index (Phi) is 8.78. The summed E-state index contributed by atoms with van der Waals surface area (Å²) in [5, 5.41) is 11.3. The maximum Gasteiger partial charge on any atom is 0.408 e. The number of nitrogens with one attached hydrogen (secondary N) is 3. The maximum absolute atomic E-state index is 15.7. The maximum atomic E-state index is 15.7. The summed E-state index contributed by atoms with van der Waals surface area (Å²) in [7, 11) is 0. The van der Waals surface area contributed by atoms with E-state index in [1.165, 1.54) is 13.0 Å². The standard InChI is InChI=1S/C25H26F8N6O3/c1-10-18(39-42-38-10)23(41)37-19(12-5-7-24(29,30)8-6-12)21-35-15-4-3-13(17(28)20(15)36-21)14(9-16(26)27)22(40)34-11(2)25(31,32)33/h3-4,11-12,14,16,19H,5-9H2,1-2H3,(H,34,40)(H,35,36)(H,37,41)/t11-,14-,19-/m0/s1. The van der Waals surface area contributed by atoms with Crippen LogP contribution in [0.4, 0.5) is 35.1 Å². The van der Waals surface area contributed by atoms with Crippen LogP contribution in [-0.2, 0) is 4.79 Å². The molecule has 1 aliphatic carbocycles. The van der Waals surface area contributed by atoms with Crippen molar-refractivity contribution in [1.29, 1.82) is 0 Å². The summed E-state index contributed by atoms with van der Waals surface area (Å²) >= 11 is 0. The van der Waals surface area contributed by atoms with E-state index < -0.39 is 90.4 Å². The van der Waals surface area contributed by atoms with E-state index in [0.717, 1.165) is 6.07 Å². The molecule has 2 heterocycles. The fraction of sp³-hybridized carbons (Fsp3) is 0.560. The van der Waals surface area contributed by atoms with Crippen molar-refractivity contribution < 1.29 is 49.3 Å². The molecule has 2 amide bonds. The number of fused-ring (bicyclic) bond motifs is 1. The van der Waals surface area contributed by atoms with Crippen molar-refractivity contribution in [3.63, 3.8) is 0 Å². The highest BCUT2D eigenvalue weighted by Crippen LogP contribution is 2.41. The second-order valence-electron chi connectivity index (χ2n) is 10.3. The number of H-pyrrole nitrogens is 1. The lowest BCUT2D eigenvalue weighted by atomic mass is 9.81. The molecule has 2 aromatic heterocycles. The van der Waals surface area contributed by atoms with Gasteiger partial charge >= 0.3 is 6.18 Å². The van der Waals surface area contributed by atoms with E-state index >= 15 is 4.39 Å². The Morgan fingerprint density at radius 3 is 2.38 bits per heavy atom. The van der Waals surface area contributed by atoms with Crippen molar-refractivity contribution in [1.82, 2.24) is 30.9 Å². The summed E-state index contributed by atoms with van der Waals surface area (Å²) in [6, 6.07) is -1.27. The number of rotatable bonds is 9. The van der Waals surface area contributed by atoms with E-state index in [4.69, 9.17) is 0 Å². The molecule has 3 N–H and O–H groups in total. The van der Waals surface area contributed by atoms with E-state index in [2.05, 4.69) is 30.2 Å². The molecule has 0 aliphatic heterocycles. The van der Waals surface area contributed by atoms with Gasteiger partial charge in [0.15, 0.2) is 11.5 Å². The number of aromatic nitrogens is 4. The fourth-order valence-corrected chi connectivity index (χ4v) is 4.89. The highest BCUT2D eigenvalue weighted by molar-refractivity contribution is 5.93. The Bertz CT molecular complexity index is 1430. The van der Waals surface area contributed by atoms with Crippen LogP contribution in [0.3, 0.4) is 0 Å². The summed E-state index contributed by atoms with van der Waals surface area (Å²) in [6.07, 6.45) is -10.3. The van der Waals surface area contributed by atoms with Crippen LogP contribution in [0.5, 0.6) is 0 Å². The van der Waals surface area contributed by atoms with Crippen molar-refractivity contribution in [3.05, 3.63) is 40.7 Å². The van der Waals surface area contributed by atoms with Crippen LogP contribution in [0.1, 0.15) is 78.6 Å². The van der Waals surface area contributed by atoms with Crippen molar-refractivity contribution in [3.8, 4) is 0 Å². The van der Waals surface area contributed by atoms with Crippen LogP contribution in [0.25, 0.3) is 11.0 Å². The molecule has 9 nitrogen and oxygen atoms in total.